The molecule has 2 saturated carbocycles. The van der Waals surface area contributed by atoms with Gasteiger partial charge in [0.25, 0.3) is 0 Å². The largest absolute Gasteiger partial charge is 0.484 e. The summed E-state index contributed by atoms with van der Waals surface area (Å²) < 4.78 is 11.9. The highest BCUT2D eigenvalue weighted by molar-refractivity contribution is 5.59. The molecule has 0 amide bonds. The minimum absolute atomic E-state index is 0.00540. The lowest BCUT2D eigenvalue weighted by Crippen LogP contribution is -2.68. The molecule has 0 saturated heterocycles. The first kappa shape index (κ1) is 20.7. The van der Waals surface area contributed by atoms with Crippen molar-refractivity contribution in [2.24, 2.45) is 23.2 Å². The second-order valence-electron chi connectivity index (χ2n) is 9.96. The fourth-order valence-electron chi connectivity index (χ4n) is 6.68. The maximum atomic E-state index is 13.0. The fraction of sp³-hybridized carbons (Fsp3) is 0.583. The fourth-order valence-corrected chi connectivity index (χ4v) is 6.68. The lowest BCUT2D eigenvalue weighted by Gasteiger charge is -2.63. The number of ether oxygens (including phenoxy) is 1. The second-order valence-corrected chi connectivity index (χ2v) is 9.96. The summed E-state index contributed by atoms with van der Waals surface area (Å²) in [4.78, 5) is 17.0. The third-order valence-corrected chi connectivity index (χ3v) is 8.37. The SMILES string of the molecule is C[C@@H]1C2C[C@H](O)[C@@]3(C)Oc4cc(-c5cccnc5)oc(=O)c4[C@H](O)C3C2(C)CC[C@@H]1O. The van der Waals surface area contributed by atoms with Gasteiger partial charge in [-0.25, -0.2) is 4.79 Å². The molecule has 3 unspecified atom stereocenters. The molecule has 166 valence electrons. The van der Waals surface area contributed by atoms with Gasteiger partial charge in [0.2, 0.25) is 0 Å². The summed E-state index contributed by atoms with van der Waals surface area (Å²) in [6.07, 6.45) is 2.57. The third-order valence-electron chi connectivity index (χ3n) is 8.37. The summed E-state index contributed by atoms with van der Waals surface area (Å²) in [5.74, 6) is 0.0198. The minimum atomic E-state index is -1.14. The molecule has 2 aliphatic carbocycles. The Bertz CT molecular complexity index is 1050. The van der Waals surface area contributed by atoms with E-state index in [1.54, 1.807) is 30.6 Å². The molecule has 2 aromatic heterocycles. The van der Waals surface area contributed by atoms with Crippen LogP contribution in [0.2, 0.25) is 0 Å². The van der Waals surface area contributed by atoms with E-state index >= 15 is 0 Å². The van der Waals surface area contributed by atoms with Crippen molar-refractivity contribution >= 4 is 0 Å². The van der Waals surface area contributed by atoms with E-state index in [0.29, 0.717) is 30.6 Å². The average Bonchev–Trinajstić information content (AvgIpc) is 2.73. The van der Waals surface area contributed by atoms with Gasteiger partial charge in [-0.3, -0.25) is 4.98 Å². The Morgan fingerprint density at radius 1 is 1.23 bits per heavy atom. The molecule has 2 fully saturated rings. The van der Waals surface area contributed by atoms with Crippen LogP contribution in [0, 0.1) is 23.2 Å². The van der Waals surface area contributed by atoms with Gasteiger partial charge in [0, 0.05) is 29.9 Å². The standard InChI is InChI=1S/C24H29NO6/c1-12-14-9-18(27)24(3)21(23(14,2)7-6-15(12)26)20(28)19-17(31-24)10-16(30-22(19)29)13-5-4-8-25-11-13/h4-5,8,10-12,14-15,18,20-21,26-28H,6-7,9H2,1-3H3/t12-,14?,15+,18+,20+,21?,23?,24-/m1/s1. The molecule has 3 heterocycles. The van der Waals surface area contributed by atoms with E-state index in [0.717, 1.165) is 0 Å². The zero-order valence-corrected chi connectivity index (χ0v) is 18.0. The summed E-state index contributed by atoms with van der Waals surface area (Å²) >= 11 is 0. The Morgan fingerprint density at radius 2 is 2.00 bits per heavy atom. The Morgan fingerprint density at radius 3 is 2.71 bits per heavy atom. The molecule has 3 aliphatic rings. The van der Waals surface area contributed by atoms with Gasteiger partial charge in [-0.15, -0.1) is 0 Å². The van der Waals surface area contributed by atoms with Gasteiger partial charge < -0.3 is 24.5 Å². The number of aliphatic hydroxyl groups excluding tert-OH is 3. The topological polar surface area (TPSA) is 113 Å². The molecule has 7 nitrogen and oxygen atoms in total. The van der Waals surface area contributed by atoms with Gasteiger partial charge in [-0.2, -0.15) is 0 Å². The molecule has 0 bridgehead atoms. The average molecular weight is 427 g/mol. The molecule has 0 spiro atoms. The molecule has 1 aliphatic heterocycles. The lowest BCUT2D eigenvalue weighted by molar-refractivity contribution is -0.242. The highest BCUT2D eigenvalue weighted by Gasteiger charge is 2.66. The van der Waals surface area contributed by atoms with Gasteiger partial charge in [0.15, 0.2) is 0 Å². The van der Waals surface area contributed by atoms with Crippen LogP contribution < -0.4 is 10.4 Å². The summed E-state index contributed by atoms with van der Waals surface area (Å²) in [5, 5.41) is 33.1. The van der Waals surface area contributed by atoms with Crippen molar-refractivity contribution in [3.05, 3.63) is 46.6 Å². The van der Waals surface area contributed by atoms with Gasteiger partial charge in [0.05, 0.1) is 18.3 Å². The van der Waals surface area contributed by atoms with Gasteiger partial charge in [0.1, 0.15) is 22.7 Å². The maximum absolute atomic E-state index is 13.0. The van der Waals surface area contributed by atoms with Gasteiger partial charge in [-0.1, -0.05) is 13.8 Å². The first-order chi connectivity index (χ1) is 14.7. The smallest absolute Gasteiger partial charge is 0.345 e. The third kappa shape index (κ3) is 2.83. The minimum Gasteiger partial charge on any atom is -0.484 e. The zero-order chi connectivity index (χ0) is 22.1. The molecular formula is C24H29NO6. The van der Waals surface area contributed by atoms with E-state index in [1.165, 1.54) is 0 Å². The maximum Gasteiger partial charge on any atom is 0.345 e. The molecule has 2 aromatic rings. The van der Waals surface area contributed by atoms with E-state index in [9.17, 15) is 20.1 Å². The van der Waals surface area contributed by atoms with Crippen molar-refractivity contribution in [1.29, 1.82) is 0 Å². The Kier molecular flexibility index (Phi) is 4.59. The van der Waals surface area contributed by atoms with E-state index in [2.05, 4.69) is 11.9 Å². The number of aromatic nitrogens is 1. The molecular weight excluding hydrogens is 398 g/mol. The highest BCUT2D eigenvalue weighted by Crippen LogP contribution is 2.64. The molecule has 3 N–H and O–H groups in total. The van der Waals surface area contributed by atoms with Crippen LogP contribution in [0.25, 0.3) is 11.3 Å². The van der Waals surface area contributed by atoms with Crippen LogP contribution in [0.4, 0.5) is 0 Å². The highest BCUT2D eigenvalue weighted by atomic mass is 16.5. The summed E-state index contributed by atoms with van der Waals surface area (Å²) in [7, 11) is 0. The Labute approximate surface area is 180 Å². The number of nitrogens with zero attached hydrogens (tertiary/aromatic N) is 1. The molecule has 31 heavy (non-hydrogen) atoms. The quantitative estimate of drug-likeness (QED) is 0.641. The van der Waals surface area contributed by atoms with E-state index in [-0.39, 0.29) is 23.1 Å². The Hall–Kier alpha value is -2.22. The lowest BCUT2D eigenvalue weighted by atomic mass is 9.46. The van der Waals surface area contributed by atoms with Crippen LogP contribution in [0.5, 0.6) is 5.75 Å². The van der Waals surface area contributed by atoms with Crippen molar-refractivity contribution in [1.82, 2.24) is 4.98 Å². The zero-order valence-electron chi connectivity index (χ0n) is 18.0. The summed E-state index contributed by atoms with van der Waals surface area (Å²) in [5.41, 5.74) is -1.39. The van der Waals surface area contributed by atoms with Crippen molar-refractivity contribution in [2.75, 3.05) is 0 Å². The van der Waals surface area contributed by atoms with Crippen LogP contribution in [0.15, 0.2) is 39.8 Å². The van der Waals surface area contributed by atoms with E-state index in [1.807, 2.05) is 13.8 Å². The molecule has 5 rings (SSSR count). The van der Waals surface area contributed by atoms with E-state index in [4.69, 9.17) is 9.15 Å². The molecule has 0 aromatic carbocycles. The number of rotatable bonds is 1. The van der Waals surface area contributed by atoms with Crippen molar-refractivity contribution in [3.63, 3.8) is 0 Å². The number of aliphatic hydroxyl groups is 3. The van der Waals surface area contributed by atoms with Gasteiger partial charge >= 0.3 is 5.63 Å². The van der Waals surface area contributed by atoms with Gasteiger partial charge in [-0.05, 0) is 55.6 Å². The number of fused-ring (bicyclic) bond motifs is 4. The van der Waals surface area contributed by atoms with Crippen molar-refractivity contribution in [2.45, 2.75) is 63.9 Å². The van der Waals surface area contributed by atoms with Crippen molar-refractivity contribution in [3.8, 4) is 17.1 Å². The Balaban J connectivity index is 1.64. The predicted octanol–water partition coefficient (Wildman–Crippen LogP) is 2.68. The van der Waals surface area contributed by atoms with Crippen LogP contribution in [0.3, 0.4) is 0 Å². The number of pyridine rings is 1. The van der Waals surface area contributed by atoms with Crippen LogP contribution in [-0.2, 0) is 0 Å². The first-order valence-electron chi connectivity index (χ1n) is 11.0. The summed E-state index contributed by atoms with van der Waals surface area (Å²) in [6, 6.07) is 5.12. The van der Waals surface area contributed by atoms with Crippen LogP contribution >= 0.6 is 0 Å². The van der Waals surface area contributed by atoms with E-state index < -0.39 is 40.9 Å². The second kappa shape index (κ2) is 6.89. The summed E-state index contributed by atoms with van der Waals surface area (Å²) in [6.45, 7) is 5.92. The van der Waals surface area contributed by atoms with Crippen LogP contribution in [0.1, 0.15) is 51.7 Å². The number of hydrogen-bond acceptors (Lipinski definition) is 7. The first-order valence-corrected chi connectivity index (χ1v) is 11.0. The van der Waals surface area contributed by atoms with Crippen molar-refractivity contribution < 1.29 is 24.5 Å². The predicted molar refractivity (Wildman–Crippen MR) is 112 cm³/mol. The number of hydrogen-bond donors (Lipinski definition) is 3. The monoisotopic (exact) mass is 427 g/mol. The normalized spacial score (nSPS) is 41.5. The molecule has 8 atom stereocenters. The molecule has 7 heteroatoms. The van der Waals surface area contributed by atoms with Crippen LogP contribution in [-0.4, -0.2) is 38.1 Å². The molecule has 0 radical (unpaired) electrons.